The third-order valence-electron chi connectivity index (χ3n) is 3.38. The van der Waals surface area contributed by atoms with Crippen LogP contribution in [0.15, 0.2) is 6.07 Å². The van der Waals surface area contributed by atoms with Gasteiger partial charge in [-0.05, 0) is 32.6 Å². The predicted molar refractivity (Wildman–Crippen MR) is 68.6 cm³/mol. The molecule has 0 spiro atoms. The number of amides is 1. The van der Waals surface area contributed by atoms with Gasteiger partial charge in [-0.25, -0.2) is 9.97 Å². The summed E-state index contributed by atoms with van der Waals surface area (Å²) >= 11 is 0. The molecule has 18 heavy (non-hydrogen) atoms. The van der Waals surface area contributed by atoms with Crippen LogP contribution in [0.4, 0.5) is 5.82 Å². The van der Waals surface area contributed by atoms with Gasteiger partial charge in [0, 0.05) is 25.2 Å². The van der Waals surface area contributed by atoms with E-state index in [9.17, 15) is 4.79 Å². The SMILES string of the molecule is Cc1nc(NC2CC2)cc(C(=O)N2CCCC2)n1. The normalized spacial score (nSPS) is 19.1. The number of likely N-dealkylation sites (tertiary alicyclic amines) is 1. The molecule has 1 aromatic heterocycles. The van der Waals surface area contributed by atoms with Crippen LogP contribution in [0.25, 0.3) is 0 Å². The fraction of sp³-hybridized carbons (Fsp3) is 0.615. The molecule has 0 unspecified atom stereocenters. The second kappa shape index (κ2) is 4.55. The Morgan fingerprint density at radius 1 is 1.33 bits per heavy atom. The minimum atomic E-state index is 0.0387. The Balaban J connectivity index is 1.80. The van der Waals surface area contributed by atoms with Gasteiger partial charge in [0.2, 0.25) is 0 Å². The molecular formula is C13H18N4O. The highest BCUT2D eigenvalue weighted by atomic mass is 16.2. The monoisotopic (exact) mass is 246 g/mol. The van der Waals surface area contributed by atoms with E-state index in [2.05, 4.69) is 15.3 Å². The number of anilines is 1. The Morgan fingerprint density at radius 3 is 2.72 bits per heavy atom. The Morgan fingerprint density at radius 2 is 2.06 bits per heavy atom. The number of hydrogen-bond donors (Lipinski definition) is 1. The first-order chi connectivity index (χ1) is 8.72. The number of carbonyl (C=O) groups is 1. The van der Waals surface area contributed by atoms with Crippen molar-refractivity contribution in [3.63, 3.8) is 0 Å². The van der Waals surface area contributed by atoms with E-state index in [0.29, 0.717) is 17.6 Å². The van der Waals surface area contributed by atoms with Crippen LogP contribution in [0.2, 0.25) is 0 Å². The second-order valence-electron chi connectivity index (χ2n) is 5.10. The summed E-state index contributed by atoms with van der Waals surface area (Å²) in [6.45, 7) is 3.54. The molecule has 1 aliphatic carbocycles. The molecule has 2 fully saturated rings. The van der Waals surface area contributed by atoms with Crippen molar-refractivity contribution in [3.05, 3.63) is 17.6 Å². The first kappa shape index (κ1) is 11.4. The molecular weight excluding hydrogens is 228 g/mol. The number of rotatable bonds is 3. The van der Waals surface area contributed by atoms with E-state index in [1.807, 2.05) is 11.8 Å². The minimum absolute atomic E-state index is 0.0387. The lowest BCUT2D eigenvalue weighted by Gasteiger charge is -2.15. The minimum Gasteiger partial charge on any atom is -0.367 e. The molecule has 2 heterocycles. The summed E-state index contributed by atoms with van der Waals surface area (Å²) in [6.07, 6.45) is 4.59. The topological polar surface area (TPSA) is 58.1 Å². The lowest BCUT2D eigenvalue weighted by molar-refractivity contribution is 0.0786. The Hall–Kier alpha value is -1.65. The van der Waals surface area contributed by atoms with Crippen LogP contribution in [-0.4, -0.2) is 39.9 Å². The maximum atomic E-state index is 12.3. The van der Waals surface area contributed by atoms with E-state index in [1.54, 1.807) is 6.07 Å². The summed E-state index contributed by atoms with van der Waals surface area (Å²) in [5.41, 5.74) is 0.521. The smallest absolute Gasteiger partial charge is 0.272 e. The molecule has 1 amide bonds. The molecule has 5 nitrogen and oxygen atoms in total. The summed E-state index contributed by atoms with van der Waals surface area (Å²) in [5.74, 6) is 1.48. The number of aryl methyl sites for hydroxylation is 1. The Labute approximate surface area is 107 Å². The van der Waals surface area contributed by atoms with Crippen LogP contribution >= 0.6 is 0 Å². The molecule has 1 saturated heterocycles. The lowest BCUT2D eigenvalue weighted by atomic mass is 10.3. The second-order valence-corrected chi connectivity index (χ2v) is 5.10. The Kier molecular flexibility index (Phi) is 2.89. The van der Waals surface area contributed by atoms with E-state index in [1.165, 1.54) is 12.8 Å². The molecule has 1 saturated carbocycles. The third kappa shape index (κ3) is 2.44. The van der Waals surface area contributed by atoms with E-state index < -0.39 is 0 Å². The van der Waals surface area contributed by atoms with Gasteiger partial charge in [-0.1, -0.05) is 0 Å². The predicted octanol–water partition coefficient (Wildman–Crippen LogP) is 1.60. The van der Waals surface area contributed by atoms with Gasteiger partial charge >= 0.3 is 0 Å². The summed E-state index contributed by atoms with van der Waals surface area (Å²) in [6, 6.07) is 2.32. The van der Waals surface area contributed by atoms with Gasteiger partial charge in [-0.2, -0.15) is 0 Å². The van der Waals surface area contributed by atoms with Gasteiger partial charge < -0.3 is 10.2 Å². The first-order valence-corrected chi connectivity index (χ1v) is 6.64. The van der Waals surface area contributed by atoms with E-state index >= 15 is 0 Å². The highest BCUT2D eigenvalue weighted by molar-refractivity contribution is 5.93. The number of nitrogens with one attached hydrogen (secondary N) is 1. The number of hydrogen-bond acceptors (Lipinski definition) is 4. The van der Waals surface area contributed by atoms with Gasteiger partial charge in [0.1, 0.15) is 17.3 Å². The third-order valence-corrected chi connectivity index (χ3v) is 3.38. The fourth-order valence-corrected chi connectivity index (χ4v) is 2.27. The van der Waals surface area contributed by atoms with E-state index in [4.69, 9.17) is 0 Å². The van der Waals surface area contributed by atoms with Crippen LogP contribution in [0.3, 0.4) is 0 Å². The number of nitrogens with zero attached hydrogens (tertiary/aromatic N) is 3. The maximum Gasteiger partial charge on any atom is 0.272 e. The molecule has 0 aromatic carbocycles. The molecule has 1 aliphatic heterocycles. The lowest BCUT2D eigenvalue weighted by Crippen LogP contribution is -2.28. The summed E-state index contributed by atoms with van der Waals surface area (Å²) < 4.78 is 0. The van der Waals surface area contributed by atoms with Gasteiger partial charge in [-0.3, -0.25) is 4.79 Å². The molecule has 0 bridgehead atoms. The number of carbonyl (C=O) groups excluding carboxylic acids is 1. The fourth-order valence-electron chi connectivity index (χ4n) is 2.27. The van der Waals surface area contributed by atoms with Crippen LogP contribution in [0, 0.1) is 6.92 Å². The molecule has 5 heteroatoms. The standard InChI is InChI=1S/C13H18N4O/c1-9-14-11(13(18)17-6-2-3-7-17)8-12(15-9)16-10-4-5-10/h8,10H,2-7H2,1H3,(H,14,15,16). The van der Waals surface area contributed by atoms with Crippen molar-refractivity contribution in [2.75, 3.05) is 18.4 Å². The van der Waals surface area contributed by atoms with Crippen molar-refractivity contribution in [1.29, 1.82) is 0 Å². The van der Waals surface area contributed by atoms with Crippen molar-refractivity contribution in [2.24, 2.45) is 0 Å². The van der Waals surface area contributed by atoms with Crippen molar-refractivity contribution >= 4 is 11.7 Å². The number of aromatic nitrogens is 2. The van der Waals surface area contributed by atoms with Gasteiger partial charge in [0.05, 0.1) is 0 Å². The average Bonchev–Trinajstić information content (AvgIpc) is 2.98. The Bertz CT molecular complexity index is 464. The van der Waals surface area contributed by atoms with Crippen LogP contribution in [0.5, 0.6) is 0 Å². The molecule has 96 valence electrons. The van der Waals surface area contributed by atoms with Crippen LogP contribution < -0.4 is 5.32 Å². The van der Waals surface area contributed by atoms with Gasteiger partial charge in [0.15, 0.2) is 0 Å². The zero-order valence-corrected chi connectivity index (χ0v) is 10.6. The van der Waals surface area contributed by atoms with Crippen molar-refractivity contribution in [1.82, 2.24) is 14.9 Å². The zero-order chi connectivity index (χ0) is 12.5. The largest absolute Gasteiger partial charge is 0.367 e. The molecule has 1 N–H and O–H groups in total. The average molecular weight is 246 g/mol. The van der Waals surface area contributed by atoms with Crippen LogP contribution in [-0.2, 0) is 0 Å². The summed E-state index contributed by atoms with van der Waals surface area (Å²) in [5, 5.41) is 3.32. The van der Waals surface area contributed by atoms with E-state index in [0.717, 1.165) is 31.7 Å². The summed E-state index contributed by atoms with van der Waals surface area (Å²) in [4.78, 5) is 22.7. The summed E-state index contributed by atoms with van der Waals surface area (Å²) in [7, 11) is 0. The molecule has 3 rings (SSSR count). The molecule has 1 aromatic rings. The molecule has 0 radical (unpaired) electrons. The molecule has 2 aliphatic rings. The zero-order valence-electron chi connectivity index (χ0n) is 10.6. The van der Waals surface area contributed by atoms with Crippen molar-refractivity contribution < 1.29 is 4.79 Å². The van der Waals surface area contributed by atoms with Crippen molar-refractivity contribution in [2.45, 2.75) is 38.6 Å². The van der Waals surface area contributed by atoms with E-state index in [-0.39, 0.29) is 5.91 Å². The highest BCUT2D eigenvalue weighted by Crippen LogP contribution is 2.24. The maximum absolute atomic E-state index is 12.3. The highest BCUT2D eigenvalue weighted by Gasteiger charge is 2.24. The molecule has 0 atom stereocenters. The van der Waals surface area contributed by atoms with Crippen molar-refractivity contribution in [3.8, 4) is 0 Å². The quantitative estimate of drug-likeness (QED) is 0.880. The van der Waals surface area contributed by atoms with Gasteiger partial charge in [0.25, 0.3) is 5.91 Å². The van der Waals surface area contributed by atoms with Gasteiger partial charge in [-0.15, -0.1) is 0 Å². The van der Waals surface area contributed by atoms with Crippen LogP contribution in [0.1, 0.15) is 42.0 Å². The first-order valence-electron chi connectivity index (χ1n) is 6.64.